The van der Waals surface area contributed by atoms with Crippen LogP contribution in [0.1, 0.15) is 89.1 Å². The van der Waals surface area contributed by atoms with Crippen LogP contribution in [0.15, 0.2) is 5.57 Å². The molecule has 2 N–H and O–H groups in total. The number of nitrogens with zero attached hydrogens (tertiary/aromatic N) is 2. The maximum Gasteiger partial charge on any atom is 0.0809 e. The summed E-state index contributed by atoms with van der Waals surface area (Å²) in [5.74, 6) is 2.75. The summed E-state index contributed by atoms with van der Waals surface area (Å²) in [5, 5.41) is 26.5. The third-order valence-electron chi connectivity index (χ3n) is 10.6. The zero-order valence-electron chi connectivity index (χ0n) is 20.2. The molecule has 1 aromatic rings. The second-order valence-electron chi connectivity index (χ2n) is 11.9. The highest BCUT2D eigenvalue weighted by Crippen LogP contribution is 2.67. The second kappa shape index (κ2) is 7.45. The van der Waals surface area contributed by atoms with Crippen molar-refractivity contribution in [2.75, 3.05) is 0 Å². The molecule has 0 saturated heterocycles. The van der Waals surface area contributed by atoms with Crippen molar-refractivity contribution < 1.29 is 10.2 Å². The summed E-state index contributed by atoms with van der Waals surface area (Å²) in [6.07, 6.45) is 11.0. The van der Waals surface area contributed by atoms with Crippen LogP contribution in [-0.4, -0.2) is 32.2 Å². The molecule has 0 aromatic carbocycles. The zero-order chi connectivity index (χ0) is 22.1. The van der Waals surface area contributed by atoms with E-state index in [2.05, 4.69) is 45.4 Å². The van der Waals surface area contributed by atoms with Gasteiger partial charge < -0.3 is 10.2 Å². The summed E-state index contributed by atoms with van der Waals surface area (Å²) in [5.41, 5.74) is 5.13. The van der Waals surface area contributed by atoms with Crippen molar-refractivity contribution in [2.45, 2.75) is 105 Å². The first-order valence-corrected chi connectivity index (χ1v) is 12.8. The standard InChI is InChI=1S/C27H42N2O2/c1-6-29-17(3)22(16(2)28-29)13-18-14-24-21-8-7-19-15-20(30)9-11-26(19,4)23(21)10-12-27(24,5)25(18)31/h13,19-21,23-25,30-31H,6-12,14-15H2,1-5H3/b18-13+/t19-,20-,21-,23+,24+,25-,26+,27+/m1/s1. The minimum absolute atomic E-state index is 0.00688. The van der Waals surface area contributed by atoms with Gasteiger partial charge in [0.15, 0.2) is 0 Å². The monoisotopic (exact) mass is 426 g/mol. The molecule has 0 spiro atoms. The van der Waals surface area contributed by atoms with Crippen molar-refractivity contribution in [3.63, 3.8) is 0 Å². The van der Waals surface area contributed by atoms with Gasteiger partial charge in [0.25, 0.3) is 0 Å². The molecule has 0 radical (unpaired) electrons. The number of hydrogen-bond donors (Lipinski definition) is 2. The molecule has 0 unspecified atom stereocenters. The molecule has 4 aliphatic rings. The van der Waals surface area contributed by atoms with Crippen LogP contribution in [0.25, 0.3) is 6.08 Å². The highest BCUT2D eigenvalue weighted by atomic mass is 16.3. The van der Waals surface area contributed by atoms with E-state index in [4.69, 9.17) is 5.10 Å². The van der Waals surface area contributed by atoms with Crippen LogP contribution in [0.4, 0.5) is 0 Å². The van der Waals surface area contributed by atoms with Crippen molar-refractivity contribution >= 4 is 6.08 Å². The number of fused-ring (bicyclic) bond motifs is 5. The molecule has 1 aromatic heterocycles. The highest BCUT2D eigenvalue weighted by Gasteiger charge is 2.61. The fourth-order valence-electron chi connectivity index (χ4n) is 8.65. The topological polar surface area (TPSA) is 58.3 Å². The Kier molecular flexibility index (Phi) is 5.21. The van der Waals surface area contributed by atoms with E-state index < -0.39 is 0 Å². The SMILES string of the molecule is CCn1nc(C)c(/C=C2\C[C@H]3[C@@H]4CC[C@@H]5C[C@H](O)CC[C@]5(C)[C@H]4CC[C@]3(C)[C@@H]2O)c1C. The van der Waals surface area contributed by atoms with Crippen LogP contribution >= 0.6 is 0 Å². The van der Waals surface area contributed by atoms with Crippen molar-refractivity contribution in [1.82, 2.24) is 9.78 Å². The first kappa shape index (κ1) is 21.7. The van der Waals surface area contributed by atoms with E-state index in [1.165, 1.54) is 42.5 Å². The first-order chi connectivity index (χ1) is 14.7. The quantitative estimate of drug-likeness (QED) is 0.677. The summed E-state index contributed by atoms with van der Waals surface area (Å²) in [6.45, 7) is 12.2. The Labute approximate surface area is 188 Å². The summed E-state index contributed by atoms with van der Waals surface area (Å²) in [7, 11) is 0. The molecule has 4 aliphatic carbocycles. The van der Waals surface area contributed by atoms with Crippen LogP contribution in [0.3, 0.4) is 0 Å². The van der Waals surface area contributed by atoms with Crippen molar-refractivity contribution in [2.24, 2.45) is 34.5 Å². The smallest absolute Gasteiger partial charge is 0.0809 e. The van der Waals surface area contributed by atoms with Gasteiger partial charge in [0.1, 0.15) is 0 Å². The average Bonchev–Trinajstić information content (AvgIpc) is 3.16. The van der Waals surface area contributed by atoms with E-state index in [1.54, 1.807) is 0 Å². The van der Waals surface area contributed by atoms with Crippen LogP contribution < -0.4 is 0 Å². The Morgan fingerprint density at radius 1 is 1.03 bits per heavy atom. The number of aromatic nitrogens is 2. The lowest BCUT2D eigenvalue weighted by Crippen LogP contribution is -2.54. The second-order valence-corrected chi connectivity index (χ2v) is 11.9. The number of rotatable bonds is 2. The Morgan fingerprint density at radius 2 is 1.77 bits per heavy atom. The highest BCUT2D eigenvalue weighted by molar-refractivity contribution is 5.59. The predicted octanol–water partition coefficient (Wildman–Crippen LogP) is 5.28. The molecular weight excluding hydrogens is 384 g/mol. The minimum atomic E-state index is -0.332. The lowest BCUT2D eigenvalue weighted by atomic mass is 9.45. The lowest BCUT2D eigenvalue weighted by molar-refractivity contribution is -0.133. The maximum absolute atomic E-state index is 11.5. The zero-order valence-corrected chi connectivity index (χ0v) is 20.2. The van der Waals surface area contributed by atoms with Crippen molar-refractivity contribution in [3.8, 4) is 0 Å². The van der Waals surface area contributed by atoms with Crippen LogP contribution in [0.5, 0.6) is 0 Å². The van der Waals surface area contributed by atoms with Crippen LogP contribution in [0, 0.1) is 48.3 Å². The van der Waals surface area contributed by atoms with Crippen molar-refractivity contribution in [1.29, 1.82) is 0 Å². The van der Waals surface area contributed by atoms with Gasteiger partial charge in [0, 0.05) is 23.2 Å². The third-order valence-corrected chi connectivity index (χ3v) is 10.6. The Hall–Kier alpha value is -1.13. The normalized spacial score (nSPS) is 46.0. The first-order valence-electron chi connectivity index (χ1n) is 12.8. The number of hydrogen-bond acceptors (Lipinski definition) is 3. The summed E-state index contributed by atoms with van der Waals surface area (Å²) in [6, 6.07) is 0. The Bertz CT molecular complexity index is 888. The largest absolute Gasteiger partial charge is 0.393 e. The van der Waals surface area contributed by atoms with Gasteiger partial charge in [-0.05, 0) is 113 Å². The van der Waals surface area contributed by atoms with E-state index >= 15 is 0 Å². The fraction of sp³-hybridized carbons (Fsp3) is 0.815. The predicted molar refractivity (Wildman–Crippen MR) is 124 cm³/mol. The molecule has 5 rings (SSSR count). The molecule has 0 bridgehead atoms. The van der Waals surface area contributed by atoms with Gasteiger partial charge in [-0.3, -0.25) is 4.68 Å². The van der Waals surface area contributed by atoms with Gasteiger partial charge in [-0.2, -0.15) is 5.10 Å². The summed E-state index contributed by atoms with van der Waals surface area (Å²) < 4.78 is 2.08. The molecule has 4 fully saturated rings. The van der Waals surface area contributed by atoms with Crippen LogP contribution in [0.2, 0.25) is 0 Å². The molecular formula is C27H42N2O2. The number of aryl methyl sites for hydroxylation is 2. The number of aliphatic hydroxyl groups is 2. The molecule has 4 nitrogen and oxygen atoms in total. The van der Waals surface area contributed by atoms with Gasteiger partial charge in [0.2, 0.25) is 0 Å². The lowest BCUT2D eigenvalue weighted by Gasteiger charge is -2.60. The molecule has 172 valence electrons. The van der Waals surface area contributed by atoms with E-state index in [1.807, 2.05) is 0 Å². The van der Waals surface area contributed by atoms with Crippen molar-refractivity contribution in [3.05, 3.63) is 22.5 Å². The van der Waals surface area contributed by atoms with Gasteiger partial charge in [0.05, 0.1) is 17.9 Å². The van der Waals surface area contributed by atoms with E-state index in [-0.39, 0.29) is 17.6 Å². The molecule has 1 heterocycles. The molecule has 8 atom stereocenters. The van der Waals surface area contributed by atoms with E-state index in [9.17, 15) is 10.2 Å². The Morgan fingerprint density at radius 3 is 2.48 bits per heavy atom. The summed E-state index contributed by atoms with van der Waals surface area (Å²) >= 11 is 0. The average molecular weight is 427 g/mol. The van der Waals surface area contributed by atoms with Gasteiger partial charge in [-0.1, -0.05) is 13.8 Å². The van der Waals surface area contributed by atoms with Gasteiger partial charge in [-0.15, -0.1) is 0 Å². The van der Waals surface area contributed by atoms with Crippen LogP contribution in [-0.2, 0) is 6.54 Å². The van der Waals surface area contributed by atoms with E-state index in [0.29, 0.717) is 17.3 Å². The van der Waals surface area contributed by atoms with E-state index in [0.717, 1.165) is 49.8 Å². The fourth-order valence-corrected chi connectivity index (χ4v) is 8.65. The van der Waals surface area contributed by atoms with Gasteiger partial charge in [-0.25, -0.2) is 0 Å². The molecule has 4 heteroatoms. The third kappa shape index (κ3) is 3.11. The molecule has 4 saturated carbocycles. The molecule has 0 aliphatic heterocycles. The maximum atomic E-state index is 11.5. The number of aliphatic hydroxyl groups excluding tert-OH is 2. The minimum Gasteiger partial charge on any atom is -0.393 e. The molecule has 0 amide bonds. The molecule has 31 heavy (non-hydrogen) atoms. The summed E-state index contributed by atoms with van der Waals surface area (Å²) in [4.78, 5) is 0. The Balaban J connectivity index is 1.46. The van der Waals surface area contributed by atoms with Gasteiger partial charge >= 0.3 is 0 Å².